The van der Waals surface area contributed by atoms with Crippen LogP contribution < -0.4 is 4.74 Å². The number of ether oxygens (including phenoxy) is 1. The Labute approximate surface area is 137 Å². The maximum Gasteiger partial charge on any atom is 0.135 e. The van der Waals surface area contributed by atoms with Crippen LogP contribution in [0.1, 0.15) is 25.0 Å². The molecule has 0 radical (unpaired) electrons. The molecule has 3 rings (SSSR count). The van der Waals surface area contributed by atoms with E-state index < -0.39 is 0 Å². The maximum absolute atomic E-state index is 6.21. The van der Waals surface area contributed by atoms with E-state index in [2.05, 4.69) is 30.9 Å². The minimum atomic E-state index is 0.735. The van der Waals surface area contributed by atoms with Gasteiger partial charge in [0.1, 0.15) is 11.5 Å². The summed E-state index contributed by atoms with van der Waals surface area (Å²) < 4.78 is 6.11. The number of fused-ring (bicyclic) bond motifs is 2. The third-order valence-electron chi connectivity index (χ3n) is 4.04. The predicted molar refractivity (Wildman–Crippen MR) is 93.6 cm³/mol. The summed E-state index contributed by atoms with van der Waals surface area (Å²) in [7, 11) is 0. The molecule has 2 aromatic carbocycles. The highest BCUT2D eigenvalue weighted by Gasteiger charge is 2.18. The van der Waals surface area contributed by atoms with Crippen LogP contribution in [0.5, 0.6) is 11.5 Å². The Kier molecular flexibility index (Phi) is 4.51. The van der Waals surface area contributed by atoms with Crippen molar-refractivity contribution < 1.29 is 4.74 Å². The normalized spacial score (nSPS) is 13.0. The summed E-state index contributed by atoms with van der Waals surface area (Å²) in [5.74, 6) is 1.76. The summed E-state index contributed by atoms with van der Waals surface area (Å²) >= 11 is 6.21. The number of hydrogen-bond donors (Lipinski definition) is 0. The molecular formula is C19H20ClNO. The van der Waals surface area contributed by atoms with Crippen molar-refractivity contribution >= 4 is 23.3 Å². The topological polar surface area (TPSA) is 12.5 Å². The van der Waals surface area contributed by atoms with E-state index in [9.17, 15) is 0 Å². The van der Waals surface area contributed by atoms with Gasteiger partial charge in [0.2, 0.25) is 0 Å². The fourth-order valence-corrected chi connectivity index (χ4v) is 2.91. The van der Waals surface area contributed by atoms with E-state index in [0.29, 0.717) is 0 Å². The van der Waals surface area contributed by atoms with E-state index in [1.165, 1.54) is 5.57 Å². The molecule has 22 heavy (non-hydrogen) atoms. The number of halogens is 1. The monoisotopic (exact) mass is 313 g/mol. The fourth-order valence-electron chi connectivity index (χ4n) is 2.74. The van der Waals surface area contributed by atoms with E-state index >= 15 is 0 Å². The standard InChI is InChI=1S/C19H20ClNO/c1-3-21(4-2)13-15-11-14-7-5-6-8-18(14)22-19-10-9-16(20)12-17(15)19/h5-12H,3-4,13H2,1-2H3. The molecule has 0 amide bonds. The highest BCUT2D eigenvalue weighted by atomic mass is 35.5. The van der Waals surface area contributed by atoms with Crippen molar-refractivity contribution in [2.75, 3.05) is 19.6 Å². The average molecular weight is 314 g/mol. The van der Waals surface area contributed by atoms with Crippen LogP contribution in [0, 0.1) is 0 Å². The first kappa shape index (κ1) is 15.1. The molecular weight excluding hydrogens is 294 g/mol. The van der Waals surface area contributed by atoms with Crippen molar-refractivity contribution in [3.05, 3.63) is 58.6 Å². The van der Waals surface area contributed by atoms with Crippen LogP contribution >= 0.6 is 11.6 Å². The number of benzene rings is 2. The molecule has 0 N–H and O–H groups in total. The Hall–Kier alpha value is -1.77. The molecule has 0 spiro atoms. The SMILES string of the molecule is CCN(CC)CC1=Cc2ccccc2Oc2ccc(Cl)cc21. The van der Waals surface area contributed by atoms with Gasteiger partial charge in [-0.1, -0.05) is 43.6 Å². The lowest BCUT2D eigenvalue weighted by Gasteiger charge is -2.20. The van der Waals surface area contributed by atoms with Crippen molar-refractivity contribution in [3.63, 3.8) is 0 Å². The first-order valence-electron chi connectivity index (χ1n) is 7.71. The van der Waals surface area contributed by atoms with Gasteiger partial charge in [-0.3, -0.25) is 4.90 Å². The van der Waals surface area contributed by atoms with E-state index in [1.54, 1.807) is 0 Å². The zero-order chi connectivity index (χ0) is 15.5. The smallest absolute Gasteiger partial charge is 0.135 e. The number of nitrogens with zero attached hydrogens (tertiary/aromatic N) is 1. The second-order valence-electron chi connectivity index (χ2n) is 5.41. The fraction of sp³-hybridized carbons (Fsp3) is 0.263. The van der Waals surface area contributed by atoms with Gasteiger partial charge in [-0.15, -0.1) is 0 Å². The molecule has 0 aliphatic carbocycles. The van der Waals surface area contributed by atoms with Crippen molar-refractivity contribution in [3.8, 4) is 11.5 Å². The van der Waals surface area contributed by atoms with Gasteiger partial charge >= 0.3 is 0 Å². The molecule has 2 aromatic rings. The molecule has 0 saturated heterocycles. The summed E-state index contributed by atoms with van der Waals surface area (Å²) in [6.07, 6.45) is 2.22. The van der Waals surface area contributed by atoms with Crippen LogP contribution in [0.15, 0.2) is 42.5 Å². The Morgan fingerprint density at radius 1 is 1.00 bits per heavy atom. The first-order chi connectivity index (χ1) is 10.7. The minimum absolute atomic E-state index is 0.735. The van der Waals surface area contributed by atoms with Crippen LogP contribution in [-0.2, 0) is 0 Å². The Balaban J connectivity index is 2.11. The summed E-state index contributed by atoms with van der Waals surface area (Å²) in [4.78, 5) is 2.39. The molecule has 2 nitrogen and oxygen atoms in total. The molecule has 114 valence electrons. The van der Waals surface area contributed by atoms with Gasteiger partial charge in [0.15, 0.2) is 0 Å². The van der Waals surface area contributed by atoms with Crippen molar-refractivity contribution in [2.24, 2.45) is 0 Å². The van der Waals surface area contributed by atoms with Gasteiger partial charge in [-0.05, 0) is 49.0 Å². The highest BCUT2D eigenvalue weighted by Crippen LogP contribution is 2.39. The maximum atomic E-state index is 6.21. The van der Waals surface area contributed by atoms with Crippen molar-refractivity contribution in [1.82, 2.24) is 4.90 Å². The van der Waals surface area contributed by atoms with Crippen LogP contribution in [0.25, 0.3) is 11.6 Å². The molecule has 0 bridgehead atoms. The second kappa shape index (κ2) is 6.55. The molecule has 3 heteroatoms. The molecule has 1 heterocycles. The highest BCUT2D eigenvalue weighted by molar-refractivity contribution is 6.30. The van der Waals surface area contributed by atoms with Crippen LogP contribution in [0.4, 0.5) is 0 Å². The lowest BCUT2D eigenvalue weighted by Crippen LogP contribution is -2.24. The van der Waals surface area contributed by atoms with Crippen LogP contribution in [-0.4, -0.2) is 24.5 Å². The van der Waals surface area contributed by atoms with E-state index in [1.807, 2.05) is 36.4 Å². The minimum Gasteiger partial charge on any atom is -0.456 e. The number of rotatable bonds is 4. The van der Waals surface area contributed by atoms with Gasteiger partial charge in [-0.2, -0.15) is 0 Å². The molecule has 0 atom stereocenters. The van der Waals surface area contributed by atoms with Gasteiger partial charge in [-0.25, -0.2) is 0 Å². The molecule has 0 fully saturated rings. The summed E-state index contributed by atoms with van der Waals surface area (Å²) in [6.45, 7) is 7.30. The predicted octanol–water partition coefficient (Wildman–Crippen LogP) is 5.33. The number of likely N-dealkylation sites (N-methyl/N-ethyl adjacent to an activating group) is 1. The second-order valence-corrected chi connectivity index (χ2v) is 5.85. The Morgan fingerprint density at radius 3 is 2.55 bits per heavy atom. The quantitative estimate of drug-likeness (QED) is 0.756. The average Bonchev–Trinajstić information content (AvgIpc) is 2.69. The Morgan fingerprint density at radius 2 is 1.77 bits per heavy atom. The molecule has 1 aliphatic rings. The number of para-hydroxylation sites is 1. The molecule has 0 saturated carbocycles. The van der Waals surface area contributed by atoms with Crippen LogP contribution in [0.2, 0.25) is 5.02 Å². The van der Waals surface area contributed by atoms with E-state index in [4.69, 9.17) is 16.3 Å². The summed E-state index contributed by atoms with van der Waals surface area (Å²) in [6, 6.07) is 14.0. The molecule has 1 aliphatic heterocycles. The van der Waals surface area contributed by atoms with E-state index in [0.717, 1.165) is 47.3 Å². The third kappa shape index (κ3) is 3.03. The van der Waals surface area contributed by atoms with Gasteiger partial charge < -0.3 is 4.74 Å². The first-order valence-corrected chi connectivity index (χ1v) is 8.08. The van der Waals surface area contributed by atoms with Gasteiger partial charge in [0.25, 0.3) is 0 Å². The summed E-state index contributed by atoms with van der Waals surface area (Å²) in [5, 5.41) is 0.735. The van der Waals surface area contributed by atoms with Crippen molar-refractivity contribution in [1.29, 1.82) is 0 Å². The van der Waals surface area contributed by atoms with Gasteiger partial charge in [0, 0.05) is 22.7 Å². The largest absolute Gasteiger partial charge is 0.456 e. The zero-order valence-electron chi connectivity index (χ0n) is 13.0. The zero-order valence-corrected chi connectivity index (χ0v) is 13.7. The van der Waals surface area contributed by atoms with Gasteiger partial charge in [0.05, 0.1) is 0 Å². The van der Waals surface area contributed by atoms with Crippen LogP contribution in [0.3, 0.4) is 0 Å². The van der Waals surface area contributed by atoms with E-state index in [-0.39, 0.29) is 0 Å². The summed E-state index contributed by atoms with van der Waals surface area (Å²) in [5.41, 5.74) is 3.43. The third-order valence-corrected chi connectivity index (χ3v) is 4.28. The molecule has 0 unspecified atom stereocenters. The molecule has 0 aromatic heterocycles. The lowest BCUT2D eigenvalue weighted by atomic mass is 10.0. The lowest BCUT2D eigenvalue weighted by molar-refractivity contribution is 0.342. The Bertz CT molecular complexity index is 704. The number of hydrogen-bond acceptors (Lipinski definition) is 2. The van der Waals surface area contributed by atoms with Crippen molar-refractivity contribution in [2.45, 2.75) is 13.8 Å².